The molecule has 4 nitrogen and oxygen atoms in total. The third kappa shape index (κ3) is 6.53. The van der Waals surface area contributed by atoms with Crippen LogP contribution in [0.5, 0.6) is 0 Å². The van der Waals surface area contributed by atoms with Crippen molar-refractivity contribution in [1.82, 2.24) is 0 Å². The number of allylic oxidation sites excluding steroid dienone is 1. The number of nitrogens with zero attached hydrogens (tertiary/aromatic N) is 1. The van der Waals surface area contributed by atoms with Gasteiger partial charge in [-0.1, -0.05) is 13.2 Å². The maximum absolute atomic E-state index is 10.4. The smallest absolute Gasteiger partial charge is 0.875 e. The molecular weight excluding hydrogens is 173 g/mol. The van der Waals surface area contributed by atoms with E-state index in [4.69, 9.17) is 5.26 Å². The maximum atomic E-state index is 10.4. The third-order valence-corrected chi connectivity index (χ3v) is 0.730. The summed E-state index contributed by atoms with van der Waals surface area (Å²) in [5.41, 5.74) is 0. The van der Waals surface area contributed by atoms with Gasteiger partial charge in [0.25, 0.3) is 0 Å². The number of hydrogen-bond acceptors (Lipinski definition) is 4. The van der Waals surface area contributed by atoms with E-state index in [2.05, 4.69) is 4.74 Å². The number of rotatable bonds is 2. The van der Waals surface area contributed by atoms with Crippen molar-refractivity contribution in [3.05, 3.63) is 12.0 Å². The number of carbonyl (C=O) groups excluding carboxylic acids is 1. The molecule has 0 rings (SSSR count). The molecule has 0 heterocycles. The molecule has 0 unspecified atom stereocenters. The van der Waals surface area contributed by atoms with Crippen molar-refractivity contribution in [2.45, 2.75) is 13.3 Å². The quantitative estimate of drug-likeness (QED) is 0.192. The molecule has 0 aliphatic carbocycles. The minimum Gasteiger partial charge on any atom is -0.875 e. The normalized spacial score (nSPS) is 9.27. The summed E-state index contributed by atoms with van der Waals surface area (Å²) >= 11 is 0. The second-order valence-electron chi connectivity index (χ2n) is 1.42. The number of hydrogen-bond donors (Lipinski definition) is 0. The molecule has 11 heavy (non-hydrogen) atoms. The van der Waals surface area contributed by atoms with Gasteiger partial charge in [-0.25, -0.2) is 0 Å². The van der Waals surface area contributed by atoms with Gasteiger partial charge in [-0.15, -0.1) is 0 Å². The Hall–Kier alpha value is 0.136. The third-order valence-electron chi connectivity index (χ3n) is 0.730. The summed E-state index contributed by atoms with van der Waals surface area (Å²) < 4.78 is 4.25. The van der Waals surface area contributed by atoms with Crippen LogP contribution < -0.4 is 56.5 Å². The Balaban J connectivity index is 0. The van der Waals surface area contributed by atoms with E-state index in [0.717, 1.165) is 0 Å². The van der Waals surface area contributed by atoms with Crippen molar-refractivity contribution in [3.63, 3.8) is 0 Å². The average Bonchev–Trinajstić information content (AvgIpc) is 1.99. The van der Waals surface area contributed by atoms with E-state index in [1.807, 2.05) is 0 Å². The molecule has 0 aromatic heterocycles. The first-order valence-electron chi connectivity index (χ1n) is 2.67. The molecule has 0 bridgehead atoms. The summed E-state index contributed by atoms with van der Waals surface area (Å²) in [6.45, 7) is 1.57. The van der Waals surface area contributed by atoms with E-state index >= 15 is 0 Å². The van der Waals surface area contributed by atoms with Crippen molar-refractivity contribution in [2.75, 3.05) is 0 Å². The molecule has 54 valence electrons. The van der Waals surface area contributed by atoms with Gasteiger partial charge in [-0.2, -0.15) is 5.26 Å². The molecule has 0 fully saturated rings. The van der Waals surface area contributed by atoms with Crippen LogP contribution in [0.4, 0.5) is 0 Å². The summed E-state index contributed by atoms with van der Waals surface area (Å²) in [4.78, 5) is 10.4. The fraction of sp³-hybridized carbons (Fsp3) is 0.333. The molecule has 0 radical (unpaired) electrons. The second-order valence-corrected chi connectivity index (χ2v) is 1.42. The van der Waals surface area contributed by atoms with Crippen molar-refractivity contribution >= 4 is 5.97 Å². The monoisotopic (exact) mass is 179 g/mol. The van der Waals surface area contributed by atoms with Crippen LogP contribution in [0.3, 0.4) is 0 Å². The van der Waals surface area contributed by atoms with E-state index < -0.39 is 11.7 Å². The molecule has 0 amide bonds. The van der Waals surface area contributed by atoms with E-state index in [-0.39, 0.29) is 64.1 Å². The van der Waals surface area contributed by atoms with Gasteiger partial charge in [0.2, 0.25) is 0 Å². The molecule has 0 saturated carbocycles. The SMILES string of the molecule is CCC(=O)O/C(C#N)=C\[O-].[K+]. The Morgan fingerprint density at radius 1 is 1.82 bits per heavy atom. The number of esters is 1. The van der Waals surface area contributed by atoms with Crippen LogP contribution in [-0.4, -0.2) is 5.97 Å². The van der Waals surface area contributed by atoms with Crippen molar-refractivity contribution in [1.29, 1.82) is 5.26 Å². The molecule has 0 saturated heterocycles. The zero-order valence-electron chi connectivity index (χ0n) is 6.46. The van der Waals surface area contributed by atoms with E-state index in [9.17, 15) is 9.90 Å². The largest absolute Gasteiger partial charge is 1.00 e. The van der Waals surface area contributed by atoms with Gasteiger partial charge in [0.05, 0.1) is 0 Å². The maximum Gasteiger partial charge on any atom is 1.00 e. The molecule has 0 aliphatic rings. The summed E-state index contributed by atoms with van der Waals surface area (Å²) in [6.07, 6.45) is 0.354. The summed E-state index contributed by atoms with van der Waals surface area (Å²) in [7, 11) is 0. The Morgan fingerprint density at radius 2 is 2.36 bits per heavy atom. The van der Waals surface area contributed by atoms with Crippen LogP contribution in [0, 0.1) is 11.3 Å². The molecule has 0 aromatic rings. The van der Waals surface area contributed by atoms with Crippen LogP contribution in [0.1, 0.15) is 13.3 Å². The second kappa shape index (κ2) is 8.24. The van der Waals surface area contributed by atoms with Crippen LogP contribution in [0.25, 0.3) is 0 Å². The predicted molar refractivity (Wildman–Crippen MR) is 30.1 cm³/mol. The molecular formula is C6H6KNO3. The zero-order chi connectivity index (χ0) is 7.98. The van der Waals surface area contributed by atoms with Crippen molar-refractivity contribution in [3.8, 4) is 6.07 Å². The van der Waals surface area contributed by atoms with Crippen molar-refractivity contribution in [2.24, 2.45) is 0 Å². The first-order chi connectivity index (χ1) is 4.74. The fourth-order valence-electron chi connectivity index (χ4n) is 0.268. The van der Waals surface area contributed by atoms with E-state index in [0.29, 0.717) is 0 Å². The van der Waals surface area contributed by atoms with Gasteiger partial charge in [-0.05, 0) is 0 Å². The minimum atomic E-state index is -0.580. The standard InChI is InChI=1S/C6H7NO3.K/c1-2-6(9)10-5(3-7)4-8;/h4,8H,2H2,1H3;/q;+1/p-1/b5-4-;. The number of ether oxygens (including phenoxy) is 1. The van der Waals surface area contributed by atoms with Crippen LogP contribution >= 0.6 is 0 Å². The van der Waals surface area contributed by atoms with Gasteiger partial charge in [0.1, 0.15) is 6.07 Å². The molecule has 0 aromatic carbocycles. The Morgan fingerprint density at radius 3 is 2.64 bits per heavy atom. The predicted octanol–water partition coefficient (Wildman–Crippen LogP) is -3.33. The number of nitriles is 1. The van der Waals surface area contributed by atoms with Crippen LogP contribution in [0.15, 0.2) is 12.0 Å². The van der Waals surface area contributed by atoms with E-state index in [1.165, 1.54) is 6.07 Å². The van der Waals surface area contributed by atoms with Gasteiger partial charge in [0, 0.05) is 6.42 Å². The van der Waals surface area contributed by atoms with Crippen LogP contribution in [-0.2, 0) is 9.53 Å². The van der Waals surface area contributed by atoms with Gasteiger partial charge < -0.3 is 9.84 Å². The Kier molecular flexibility index (Phi) is 10.3. The van der Waals surface area contributed by atoms with Gasteiger partial charge in [0.15, 0.2) is 5.76 Å². The van der Waals surface area contributed by atoms with Crippen molar-refractivity contribution < 1.29 is 66.0 Å². The Bertz CT molecular complexity index is 194. The summed E-state index contributed by atoms with van der Waals surface area (Å²) in [6, 6.07) is 1.42. The van der Waals surface area contributed by atoms with Gasteiger partial charge in [-0.3, -0.25) is 4.79 Å². The zero-order valence-corrected chi connectivity index (χ0v) is 9.58. The first-order valence-corrected chi connectivity index (χ1v) is 2.67. The molecule has 0 spiro atoms. The molecule has 0 N–H and O–H groups in total. The molecule has 5 heteroatoms. The molecule has 0 aliphatic heterocycles. The summed E-state index contributed by atoms with van der Waals surface area (Å²) in [5, 5.41) is 17.9. The Labute approximate surface area is 107 Å². The van der Waals surface area contributed by atoms with Crippen LogP contribution in [0.2, 0.25) is 0 Å². The average molecular weight is 179 g/mol. The minimum absolute atomic E-state index is 0. The number of carbonyl (C=O) groups is 1. The molecule has 0 atom stereocenters. The topological polar surface area (TPSA) is 73.2 Å². The van der Waals surface area contributed by atoms with E-state index in [1.54, 1.807) is 6.92 Å². The van der Waals surface area contributed by atoms with Gasteiger partial charge >= 0.3 is 57.4 Å². The fourth-order valence-corrected chi connectivity index (χ4v) is 0.268. The summed E-state index contributed by atoms with van der Waals surface area (Å²) in [5.74, 6) is -1.07. The first kappa shape index (κ1) is 13.7.